The Bertz CT molecular complexity index is 1180. The lowest BCUT2D eigenvalue weighted by Crippen LogP contribution is -2.64. The molecule has 1 heterocycles. The number of hydrogen-bond donors (Lipinski definition) is 1. The third-order valence-electron chi connectivity index (χ3n) is 7.56. The van der Waals surface area contributed by atoms with Gasteiger partial charge in [-0.3, -0.25) is 9.59 Å². The predicted octanol–water partition coefficient (Wildman–Crippen LogP) is 5.00. The van der Waals surface area contributed by atoms with Crippen molar-refractivity contribution in [2.24, 2.45) is 0 Å². The summed E-state index contributed by atoms with van der Waals surface area (Å²) in [7, 11) is 0. The molecule has 200 valence electrons. The van der Waals surface area contributed by atoms with E-state index >= 15 is 0 Å². The second-order valence-electron chi connectivity index (χ2n) is 10.1. The van der Waals surface area contributed by atoms with E-state index in [9.17, 15) is 14.0 Å². The molecule has 1 aliphatic heterocycles. The van der Waals surface area contributed by atoms with Crippen LogP contribution in [0.25, 0.3) is 0 Å². The molecule has 0 atom stereocenters. The van der Waals surface area contributed by atoms with Crippen molar-refractivity contribution < 1.29 is 14.0 Å². The average molecular weight is 516 g/mol. The Morgan fingerprint density at radius 3 is 2.13 bits per heavy atom. The highest BCUT2D eigenvalue weighted by molar-refractivity contribution is 5.91. The van der Waals surface area contributed by atoms with Crippen LogP contribution in [0.3, 0.4) is 0 Å². The fourth-order valence-electron chi connectivity index (χ4n) is 5.31. The predicted molar refractivity (Wildman–Crippen MR) is 149 cm³/mol. The molecule has 38 heavy (non-hydrogen) atoms. The number of hydrogen-bond acceptors (Lipinski definition) is 3. The summed E-state index contributed by atoms with van der Waals surface area (Å²) in [5.74, 6) is -0.419. The molecule has 1 fully saturated rings. The zero-order valence-electron chi connectivity index (χ0n) is 22.2. The van der Waals surface area contributed by atoms with Gasteiger partial charge in [0, 0.05) is 39.1 Å². The van der Waals surface area contributed by atoms with E-state index in [0.29, 0.717) is 38.8 Å². The van der Waals surface area contributed by atoms with E-state index < -0.39 is 5.54 Å². The van der Waals surface area contributed by atoms with Crippen molar-refractivity contribution in [3.05, 3.63) is 107 Å². The van der Waals surface area contributed by atoms with Crippen LogP contribution >= 0.6 is 0 Å². The van der Waals surface area contributed by atoms with Crippen molar-refractivity contribution in [3.8, 4) is 0 Å². The Morgan fingerprint density at radius 1 is 0.868 bits per heavy atom. The van der Waals surface area contributed by atoms with Crippen LogP contribution in [0.5, 0.6) is 0 Å². The first-order chi connectivity index (χ1) is 18.5. The summed E-state index contributed by atoms with van der Waals surface area (Å²) in [6.07, 6.45) is 2.97. The number of piperidine rings is 1. The zero-order chi connectivity index (χ0) is 26.8. The molecule has 0 spiro atoms. The van der Waals surface area contributed by atoms with Gasteiger partial charge in [-0.15, -0.1) is 0 Å². The molecule has 1 N–H and O–H groups in total. The third-order valence-corrected chi connectivity index (χ3v) is 7.56. The maximum absolute atomic E-state index is 13.9. The molecule has 4 rings (SSSR count). The first-order valence-corrected chi connectivity index (χ1v) is 13.6. The molecule has 0 radical (unpaired) electrons. The normalized spacial score (nSPS) is 15.1. The molecule has 2 amide bonds. The van der Waals surface area contributed by atoms with Gasteiger partial charge in [0.1, 0.15) is 11.4 Å². The van der Waals surface area contributed by atoms with Gasteiger partial charge >= 0.3 is 0 Å². The van der Waals surface area contributed by atoms with Crippen LogP contribution in [-0.2, 0) is 29.0 Å². The number of halogens is 1. The van der Waals surface area contributed by atoms with Gasteiger partial charge < -0.3 is 15.1 Å². The average Bonchev–Trinajstić information content (AvgIpc) is 2.96. The van der Waals surface area contributed by atoms with Crippen LogP contribution < -0.4 is 5.32 Å². The van der Waals surface area contributed by atoms with Crippen LogP contribution in [-0.4, -0.2) is 53.3 Å². The van der Waals surface area contributed by atoms with Crippen LogP contribution in [0.15, 0.2) is 84.9 Å². The molecular weight excluding hydrogens is 477 g/mol. The van der Waals surface area contributed by atoms with Gasteiger partial charge in [-0.1, -0.05) is 79.7 Å². The lowest BCUT2D eigenvalue weighted by atomic mass is 9.83. The molecule has 1 aliphatic rings. The van der Waals surface area contributed by atoms with Crippen molar-refractivity contribution in [2.45, 2.75) is 51.1 Å². The molecule has 1 saturated heterocycles. The van der Waals surface area contributed by atoms with E-state index in [-0.39, 0.29) is 17.6 Å². The summed E-state index contributed by atoms with van der Waals surface area (Å²) in [4.78, 5) is 31.5. The molecule has 3 aromatic rings. The van der Waals surface area contributed by atoms with Crippen LogP contribution in [0.1, 0.15) is 42.9 Å². The molecular formula is C32H38FN3O2. The number of likely N-dealkylation sites (tertiary alicyclic amines) is 1. The van der Waals surface area contributed by atoms with Gasteiger partial charge in [0.2, 0.25) is 11.8 Å². The number of amides is 2. The summed E-state index contributed by atoms with van der Waals surface area (Å²) in [5.41, 5.74) is 2.22. The van der Waals surface area contributed by atoms with Gasteiger partial charge in [0.05, 0.1) is 0 Å². The highest BCUT2D eigenvalue weighted by atomic mass is 19.1. The van der Waals surface area contributed by atoms with Gasteiger partial charge in [-0.05, 0) is 54.5 Å². The van der Waals surface area contributed by atoms with Crippen molar-refractivity contribution in [1.29, 1.82) is 0 Å². The van der Waals surface area contributed by atoms with Crippen molar-refractivity contribution >= 4 is 11.8 Å². The van der Waals surface area contributed by atoms with E-state index in [1.54, 1.807) is 6.07 Å². The fraction of sp³-hybridized carbons (Fsp3) is 0.375. The van der Waals surface area contributed by atoms with E-state index in [4.69, 9.17) is 0 Å². The molecule has 0 bridgehead atoms. The minimum Gasteiger partial charge on any atom is -0.354 e. The molecule has 5 nitrogen and oxygen atoms in total. The van der Waals surface area contributed by atoms with Crippen LogP contribution in [0.4, 0.5) is 4.39 Å². The van der Waals surface area contributed by atoms with Gasteiger partial charge in [0.15, 0.2) is 0 Å². The monoisotopic (exact) mass is 515 g/mol. The molecule has 0 aromatic heterocycles. The third kappa shape index (κ3) is 7.07. The first-order valence-electron chi connectivity index (χ1n) is 13.6. The Hall–Kier alpha value is -3.51. The molecule has 3 aromatic carbocycles. The Kier molecular flexibility index (Phi) is 9.66. The smallest absolute Gasteiger partial charge is 0.246 e. The molecule has 0 aliphatic carbocycles. The second-order valence-corrected chi connectivity index (χ2v) is 10.1. The highest BCUT2D eigenvalue weighted by Gasteiger charge is 2.47. The zero-order valence-corrected chi connectivity index (χ0v) is 22.2. The summed E-state index contributed by atoms with van der Waals surface area (Å²) >= 11 is 0. The SMILES string of the molecule is CCC(=O)N(Cc1ccccc1)C1(C(=O)NCCc2cccc(F)c2)CCN(CCc2ccccc2)CC1. The van der Waals surface area contributed by atoms with Crippen molar-refractivity contribution in [1.82, 2.24) is 15.1 Å². The second kappa shape index (κ2) is 13.3. The quantitative estimate of drug-likeness (QED) is 0.391. The maximum atomic E-state index is 13.9. The topological polar surface area (TPSA) is 52.7 Å². The van der Waals surface area contributed by atoms with Gasteiger partial charge in [0.25, 0.3) is 0 Å². The van der Waals surface area contributed by atoms with E-state index in [2.05, 4.69) is 34.5 Å². The highest BCUT2D eigenvalue weighted by Crippen LogP contribution is 2.32. The van der Waals surface area contributed by atoms with Crippen molar-refractivity contribution in [3.63, 3.8) is 0 Å². The van der Waals surface area contributed by atoms with Gasteiger partial charge in [-0.25, -0.2) is 4.39 Å². The minimum absolute atomic E-state index is 0.0214. The van der Waals surface area contributed by atoms with Crippen LogP contribution in [0, 0.1) is 5.82 Å². The standard InChI is InChI=1S/C32H38FN3O2/c1-2-30(37)36(25-28-12-7-4-8-13-28)32(31(38)34-20-16-27-14-9-15-29(33)24-27)18-22-35(23-19-32)21-17-26-10-5-3-6-11-26/h3-15,24H,2,16-23,25H2,1H3,(H,34,38). The molecule has 6 heteroatoms. The fourth-order valence-corrected chi connectivity index (χ4v) is 5.31. The number of carbonyl (C=O) groups excluding carboxylic acids is 2. The first kappa shape index (κ1) is 27.5. The number of nitrogens with zero attached hydrogens (tertiary/aromatic N) is 2. The Balaban J connectivity index is 1.50. The summed E-state index contributed by atoms with van der Waals surface area (Å²) in [5, 5.41) is 3.11. The van der Waals surface area contributed by atoms with Gasteiger partial charge in [-0.2, -0.15) is 0 Å². The van der Waals surface area contributed by atoms with E-state index in [1.807, 2.05) is 54.3 Å². The van der Waals surface area contributed by atoms with Crippen LogP contribution in [0.2, 0.25) is 0 Å². The lowest BCUT2D eigenvalue weighted by molar-refractivity contribution is -0.152. The van der Waals surface area contributed by atoms with E-state index in [0.717, 1.165) is 37.2 Å². The summed E-state index contributed by atoms with van der Waals surface area (Å²) in [6.45, 7) is 5.04. The summed E-state index contributed by atoms with van der Waals surface area (Å²) in [6, 6.07) is 26.8. The minimum atomic E-state index is -0.923. The largest absolute Gasteiger partial charge is 0.354 e. The Labute approximate surface area is 225 Å². The van der Waals surface area contributed by atoms with Crippen molar-refractivity contribution in [2.75, 3.05) is 26.2 Å². The van der Waals surface area contributed by atoms with E-state index in [1.165, 1.54) is 17.7 Å². The number of rotatable bonds is 11. The number of nitrogens with one attached hydrogen (secondary N) is 1. The number of carbonyl (C=O) groups is 2. The molecule has 0 unspecified atom stereocenters. The lowest BCUT2D eigenvalue weighted by Gasteiger charge is -2.47. The Morgan fingerprint density at radius 2 is 1.50 bits per heavy atom. The molecule has 0 saturated carbocycles. The summed E-state index contributed by atoms with van der Waals surface area (Å²) < 4.78 is 13.6. The number of benzene rings is 3. The maximum Gasteiger partial charge on any atom is 0.246 e.